The van der Waals surface area contributed by atoms with E-state index in [-0.39, 0.29) is 58.7 Å². The molecule has 2 aromatic carbocycles. The van der Waals surface area contributed by atoms with Crippen molar-refractivity contribution in [3.63, 3.8) is 0 Å². The second-order valence-corrected chi connectivity index (χ2v) is 10.5. The molecule has 13 heteroatoms. The third-order valence-corrected chi connectivity index (χ3v) is 7.74. The molecule has 0 aliphatic carbocycles. The van der Waals surface area contributed by atoms with Gasteiger partial charge in [0.1, 0.15) is 41.0 Å². The second kappa shape index (κ2) is 11.7. The van der Waals surface area contributed by atoms with Crippen molar-refractivity contribution >= 4 is 22.8 Å². The van der Waals surface area contributed by atoms with Gasteiger partial charge in [-0.15, -0.1) is 0 Å². The van der Waals surface area contributed by atoms with Crippen molar-refractivity contribution < 1.29 is 22.7 Å². The van der Waals surface area contributed by atoms with Crippen LogP contribution in [0.15, 0.2) is 54.4 Å². The van der Waals surface area contributed by atoms with E-state index in [1.54, 1.807) is 15.7 Å². The minimum absolute atomic E-state index is 0.00323. The number of carbonyl (C=O) groups is 1. The number of nitrogens with one attached hydrogen (secondary N) is 1. The number of carbonyl (C=O) groups excluding carboxylic acids is 1. The molecule has 2 aliphatic heterocycles. The Balaban J connectivity index is 1.30. The molecule has 4 aromatic rings. The first-order valence-corrected chi connectivity index (χ1v) is 13.9. The van der Waals surface area contributed by atoms with Gasteiger partial charge >= 0.3 is 0 Å². The van der Waals surface area contributed by atoms with E-state index in [9.17, 15) is 18.8 Å². The number of nitriles is 1. The molecule has 2 saturated heterocycles. The highest BCUT2D eigenvalue weighted by Gasteiger charge is 2.33. The van der Waals surface area contributed by atoms with E-state index in [0.29, 0.717) is 24.0 Å². The summed E-state index contributed by atoms with van der Waals surface area (Å²) in [5.41, 5.74) is 6.90. The van der Waals surface area contributed by atoms with Gasteiger partial charge in [0.05, 0.1) is 18.0 Å². The third kappa shape index (κ3) is 5.49. The number of halogens is 3. The SMILES string of the molecule is N#CC(=CC1CCCN1)C(=O)N1CCCC1Cn1nc(-c2ccc(Oc3cccc(F)c3F)cc2F)c2c(N)ncnc21. The van der Waals surface area contributed by atoms with E-state index >= 15 is 4.39 Å². The van der Waals surface area contributed by atoms with E-state index < -0.39 is 17.5 Å². The van der Waals surface area contributed by atoms with Gasteiger partial charge in [0.15, 0.2) is 17.2 Å². The van der Waals surface area contributed by atoms with Crippen molar-refractivity contribution in [3.8, 4) is 28.8 Å². The average molecular weight is 589 g/mol. The van der Waals surface area contributed by atoms with Gasteiger partial charge in [-0.2, -0.15) is 14.8 Å². The minimum atomic E-state index is -1.19. The van der Waals surface area contributed by atoms with Gasteiger partial charge < -0.3 is 20.7 Å². The fourth-order valence-corrected chi connectivity index (χ4v) is 5.65. The standard InChI is InChI=1S/C30H27F3N8O2/c31-22-6-1-7-24(26(22)33)43-20-8-9-21(23(32)13-20)27-25-28(35)37-16-38-29(25)41(39-27)15-19-5-3-11-40(19)30(42)17(14-34)12-18-4-2-10-36-18/h1,6-9,12-13,16,18-19,36H,2-5,10-11,15H2,(H2,35,37,38). The van der Waals surface area contributed by atoms with Crippen LogP contribution in [0.5, 0.6) is 11.5 Å². The molecule has 10 nitrogen and oxygen atoms in total. The highest BCUT2D eigenvalue weighted by Crippen LogP contribution is 2.35. The Morgan fingerprint density at radius 1 is 1.16 bits per heavy atom. The van der Waals surface area contributed by atoms with Crippen LogP contribution >= 0.6 is 0 Å². The summed E-state index contributed by atoms with van der Waals surface area (Å²) >= 11 is 0. The summed E-state index contributed by atoms with van der Waals surface area (Å²) in [5.74, 6) is -3.70. The number of rotatable bonds is 7. The first-order chi connectivity index (χ1) is 20.8. The molecule has 0 spiro atoms. The van der Waals surface area contributed by atoms with Crippen LogP contribution in [-0.4, -0.2) is 55.7 Å². The second-order valence-electron chi connectivity index (χ2n) is 10.5. The van der Waals surface area contributed by atoms with E-state index in [1.807, 2.05) is 0 Å². The van der Waals surface area contributed by atoms with E-state index in [1.165, 1.54) is 30.6 Å². The largest absolute Gasteiger partial charge is 0.454 e. The van der Waals surface area contributed by atoms with Gasteiger partial charge in [-0.05, 0) is 62.6 Å². The molecule has 3 N–H and O–H groups in total. The number of nitrogen functional groups attached to an aromatic ring is 1. The van der Waals surface area contributed by atoms with E-state index in [2.05, 4.69) is 26.5 Å². The highest BCUT2D eigenvalue weighted by molar-refractivity contribution is 5.99. The zero-order chi connectivity index (χ0) is 30.1. The lowest BCUT2D eigenvalue weighted by Crippen LogP contribution is -2.39. The Morgan fingerprint density at radius 2 is 2.02 bits per heavy atom. The van der Waals surface area contributed by atoms with E-state index in [0.717, 1.165) is 37.9 Å². The molecule has 2 aliphatic rings. The summed E-state index contributed by atoms with van der Waals surface area (Å²) < 4.78 is 50.1. The maximum atomic E-state index is 15.5. The summed E-state index contributed by atoms with van der Waals surface area (Å²) in [6.45, 7) is 1.58. The Bertz CT molecular complexity index is 1780. The maximum absolute atomic E-state index is 15.5. The lowest BCUT2D eigenvalue weighted by molar-refractivity contribution is -0.127. The van der Waals surface area contributed by atoms with Crippen LogP contribution in [0.2, 0.25) is 0 Å². The molecule has 1 amide bonds. The van der Waals surface area contributed by atoms with Gasteiger partial charge in [0.25, 0.3) is 5.91 Å². The van der Waals surface area contributed by atoms with Crippen LogP contribution in [-0.2, 0) is 11.3 Å². The molecule has 0 saturated carbocycles. The zero-order valence-corrected chi connectivity index (χ0v) is 22.9. The Morgan fingerprint density at radius 3 is 2.79 bits per heavy atom. The third-order valence-electron chi connectivity index (χ3n) is 7.74. The van der Waals surface area contributed by atoms with Crippen molar-refractivity contribution in [1.29, 1.82) is 5.26 Å². The number of ether oxygens (including phenoxy) is 1. The average Bonchev–Trinajstić information content (AvgIpc) is 3.76. The lowest BCUT2D eigenvalue weighted by Gasteiger charge is -2.24. The first-order valence-electron chi connectivity index (χ1n) is 13.9. The monoisotopic (exact) mass is 588 g/mol. The van der Waals surface area contributed by atoms with Crippen molar-refractivity contribution in [2.45, 2.75) is 44.3 Å². The van der Waals surface area contributed by atoms with Crippen LogP contribution in [0.25, 0.3) is 22.3 Å². The zero-order valence-electron chi connectivity index (χ0n) is 22.9. The highest BCUT2D eigenvalue weighted by atomic mass is 19.2. The molecule has 6 rings (SSSR count). The summed E-state index contributed by atoms with van der Waals surface area (Å²) in [6, 6.07) is 9.08. The number of nitrogens with zero attached hydrogens (tertiary/aromatic N) is 6. The molecule has 2 aromatic heterocycles. The number of hydrogen-bond donors (Lipinski definition) is 2. The number of aromatic nitrogens is 4. The van der Waals surface area contributed by atoms with E-state index in [4.69, 9.17) is 10.5 Å². The summed E-state index contributed by atoms with van der Waals surface area (Å²) in [7, 11) is 0. The maximum Gasteiger partial charge on any atom is 0.264 e. The molecular weight excluding hydrogens is 561 g/mol. The fraction of sp³-hybridized carbons (Fsp3) is 0.300. The molecule has 2 unspecified atom stereocenters. The van der Waals surface area contributed by atoms with Crippen molar-refractivity contribution in [2.24, 2.45) is 0 Å². The number of nitrogens with two attached hydrogens (primary N) is 1. The van der Waals surface area contributed by atoms with Crippen molar-refractivity contribution in [3.05, 3.63) is 71.8 Å². The molecule has 43 heavy (non-hydrogen) atoms. The van der Waals surface area contributed by atoms with Crippen molar-refractivity contribution in [2.75, 3.05) is 18.8 Å². The minimum Gasteiger partial charge on any atom is -0.454 e. The number of hydrogen-bond acceptors (Lipinski definition) is 8. The number of fused-ring (bicyclic) bond motifs is 1. The molecule has 2 atom stereocenters. The van der Waals surface area contributed by atoms with Gasteiger partial charge in [-0.1, -0.05) is 6.07 Å². The molecule has 2 fully saturated rings. The van der Waals surface area contributed by atoms with Gasteiger partial charge in [-0.25, -0.2) is 23.4 Å². The summed E-state index contributed by atoms with van der Waals surface area (Å²) in [5, 5.41) is 18.0. The predicted octanol–water partition coefficient (Wildman–Crippen LogP) is 4.48. The normalized spacial score (nSPS) is 18.7. The summed E-state index contributed by atoms with van der Waals surface area (Å²) in [6.07, 6.45) is 6.28. The first kappa shape index (κ1) is 28.2. The number of amides is 1. The molecule has 0 radical (unpaired) electrons. The number of anilines is 1. The quantitative estimate of drug-likeness (QED) is 0.238. The van der Waals surface area contributed by atoms with Gasteiger partial charge in [0.2, 0.25) is 5.82 Å². The predicted molar refractivity (Wildman–Crippen MR) is 151 cm³/mol. The Kier molecular flexibility index (Phi) is 7.69. The Hall–Kier alpha value is -4.96. The van der Waals surface area contributed by atoms with Crippen LogP contribution in [0.3, 0.4) is 0 Å². The number of likely N-dealkylation sites (tertiary alicyclic amines) is 1. The van der Waals surface area contributed by atoms with Gasteiger partial charge in [0, 0.05) is 24.2 Å². The molecular formula is C30H27F3N8O2. The topological polar surface area (TPSA) is 135 Å². The van der Waals surface area contributed by atoms with Crippen LogP contribution in [0.1, 0.15) is 25.7 Å². The van der Waals surface area contributed by atoms with Crippen LogP contribution in [0, 0.1) is 28.8 Å². The van der Waals surface area contributed by atoms with Crippen molar-refractivity contribution in [1.82, 2.24) is 30.0 Å². The van der Waals surface area contributed by atoms with Gasteiger partial charge in [-0.3, -0.25) is 4.79 Å². The smallest absolute Gasteiger partial charge is 0.264 e. The number of benzene rings is 2. The molecule has 0 bridgehead atoms. The van der Waals surface area contributed by atoms with Crippen LogP contribution in [0.4, 0.5) is 19.0 Å². The summed E-state index contributed by atoms with van der Waals surface area (Å²) in [4.78, 5) is 23.5. The molecule has 4 heterocycles. The molecule has 220 valence electrons. The van der Waals surface area contributed by atoms with Crippen LogP contribution < -0.4 is 15.8 Å². The Labute approximate surface area is 244 Å². The lowest BCUT2D eigenvalue weighted by atomic mass is 10.1. The fourth-order valence-electron chi connectivity index (χ4n) is 5.65.